The zero-order valence-electron chi connectivity index (χ0n) is 18.5. The molecule has 2 fully saturated rings. The highest BCUT2D eigenvalue weighted by Gasteiger charge is 2.64. The fourth-order valence-corrected chi connectivity index (χ4v) is 10.6. The van der Waals surface area contributed by atoms with Crippen molar-refractivity contribution in [3.05, 3.63) is 58.6 Å². The first-order chi connectivity index (χ1) is 16.5. The zero-order chi connectivity index (χ0) is 25.2. The maximum absolute atomic E-state index is 15.5. The highest BCUT2D eigenvalue weighted by atomic mass is 35.5. The smallest absolute Gasteiger partial charge is 0.214 e. The van der Waals surface area contributed by atoms with E-state index in [1.54, 1.807) is 0 Å². The van der Waals surface area contributed by atoms with Gasteiger partial charge in [-0.05, 0) is 61.6 Å². The second-order valence-corrected chi connectivity index (χ2v) is 13.9. The quantitative estimate of drug-likeness (QED) is 0.631. The molecular weight excluding hydrogens is 524 g/mol. The molecule has 0 amide bonds. The van der Waals surface area contributed by atoms with Crippen LogP contribution < -0.4 is 4.74 Å². The van der Waals surface area contributed by atoms with E-state index in [2.05, 4.69) is 0 Å². The molecule has 0 bridgehead atoms. The third-order valence-corrected chi connectivity index (χ3v) is 12.4. The minimum atomic E-state index is -4.32. The van der Waals surface area contributed by atoms with Gasteiger partial charge < -0.3 is 9.84 Å². The van der Waals surface area contributed by atoms with Crippen molar-refractivity contribution in [2.75, 3.05) is 25.5 Å². The van der Waals surface area contributed by atoms with E-state index in [1.165, 1.54) is 28.6 Å². The van der Waals surface area contributed by atoms with Crippen LogP contribution in [0.1, 0.15) is 24.8 Å². The summed E-state index contributed by atoms with van der Waals surface area (Å²) in [5.74, 6) is -3.76. The van der Waals surface area contributed by atoms with Crippen LogP contribution in [0.5, 0.6) is 5.75 Å². The summed E-state index contributed by atoms with van der Waals surface area (Å²) in [4.78, 5) is -0.0856. The van der Waals surface area contributed by atoms with E-state index in [0.717, 1.165) is 12.1 Å². The molecule has 0 unspecified atom stereocenters. The summed E-state index contributed by atoms with van der Waals surface area (Å²) >= 11 is 5.97. The van der Waals surface area contributed by atoms with Gasteiger partial charge in [0.25, 0.3) is 0 Å². The number of ether oxygens (including phenoxy) is 1. The maximum atomic E-state index is 15.5. The second kappa shape index (κ2) is 8.65. The molecule has 0 radical (unpaired) electrons. The average Bonchev–Trinajstić information content (AvgIpc) is 2.82. The van der Waals surface area contributed by atoms with Crippen molar-refractivity contribution in [3.63, 3.8) is 0 Å². The summed E-state index contributed by atoms with van der Waals surface area (Å²) in [7, 11) is -7.97. The fraction of sp³-hybridized carbons (Fsp3) is 0.478. The summed E-state index contributed by atoms with van der Waals surface area (Å²) in [5, 5.41) is 9.82. The van der Waals surface area contributed by atoms with Crippen LogP contribution in [0.25, 0.3) is 0 Å². The number of nitrogens with zero attached hydrogens (tertiary/aromatic N) is 1. The van der Waals surface area contributed by atoms with Crippen molar-refractivity contribution in [2.45, 2.75) is 34.9 Å². The molecule has 2 heterocycles. The van der Waals surface area contributed by atoms with Crippen LogP contribution in [0.15, 0.2) is 41.3 Å². The molecule has 3 aliphatic rings. The molecule has 1 saturated heterocycles. The lowest BCUT2D eigenvalue weighted by atomic mass is 9.64. The Morgan fingerprint density at radius 3 is 2.49 bits per heavy atom. The molecule has 35 heavy (non-hydrogen) atoms. The zero-order valence-corrected chi connectivity index (χ0v) is 20.9. The molecule has 0 spiro atoms. The van der Waals surface area contributed by atoms with Crippen LogP contribution in [0.2, 0.25) is 5.02 Å². The maximum Gasteiger partial charge on any atom is 0.214 e. The lowest BCUT2D eigenvalue weighted by Gasteiger charge is -2.56. The van der Waals surface area contributed by atoms with E-state index in [0.29, 0.717) is 5.02 Å². The Labute approximate surface area is 207 Å². The molecule has 7 nitrogen and oxygen atoms in total. The van der Waals surface area contributed by atoms with E-state index < -0.39 is 59.9 Å². The Morgan fingerprint density at radius 2 is 1.80 bits per heavy atom. The SMILES string of the molecule is O=S1(=O)CC[C@@H]2[C@H]3COc4c(F)ccc(F)c4[C@]3(S(=O)(=O)c3ccc(Cl)cc3)CC[C@@H]2N1CCO. The van der Waals surface area contributed by atoms with E-state index >= 15 is 4.39 Å². The van der Waals surface area contributed by atoms with Crippen LogP contribution >= 0.6 is 11.6 Å². The molecule has 4 atom stereocenters. The van der Waals surface area contributed by atoms with Gasteiger partial charge in [0.15, 0.2) is 21.4 Å². The first-order valence-electron chi connectivity index (χ1n) is 11.3. The van der Waals surface area contributed by atoms with E-state index in [1.807, 2.05) is 0 Å². The Bertz CT molecular complexity index is 1370. The predicted molar refractivity (Wildman–Crippen MR) is 124 cm³/mol. The van der Waals surface area contributed by atoms with Crippen LogP contribution in [-0.4, -0.2) is 57.8 Å². The van der Waals surface area contributed by atoms with Gasteiger partial charge in [-0.1, -0.05) is 11.6 Å². The number of halogens is 3. The van der Waals surface area contributed by atoms with Crippen molar-refractivity contribution in [1.29, 1.82) is 0 Å². The molecule has 12 heteroatoms. The van der Waals surface area contributed by atoms with Gasteiger partial charge in [0.2, 0.25) is 10.0 Å². The highest BCUT2D eigenvalue weighted by Crippen LogP contribution is 2.60. The molecule has 2 aromatic carbocycles. The standard InChI is InChI=1S/C23H24ClF2NO6S2/c24-14-1-3-15(4-2-14)35(31,32)23-9-7-20-16(8-12-34(29,30)27(20)10-11-28)17(23)13-33-22-19(26)6-5-18(25)21(22)23/h1-6,16-17,20,28H,7-13H2/t16-,17-,20+,23+/m1/s1. The molecular formula is C23H24ClF2NO6S2. The van der Waals surface area contributed by atoms with E-state index in [4.69, 9.17) is 16.3 Å². The molecule has 1 aliphatic carbocycles. The summed E-state index contributed by atoms with van der Waals surface area (Å²) in [6, 6.07) is 6.74. The number of hydrogen-bond donors (Lipinski definition) is 1. The average molecular weight is 548 g/mol. The Balaban J connectivity index is 1.74. The minimum absolute atomic E-state index is 0.0856. The highest BCUT2D eigenvalue weighted by molar-refractivity contribution is 7.92. The minimum Gasteiger partial charge on any atom is -0.490 e. The van der Waals surface area contributed by atoms with Crippen molar-refractivity contribution in [1.82, 2.24) is 4.31 Å². The molecule has 1 saturated carbocycles. The Hall–Kier alpha value is -1.79. The number of β-amino-alcohol motifs (C(OH)–C–C–N with tert-alkyl or cyclic N) is 1. The number of sulfone groups is 1. The third kappa shape index (κ3) is 3.61. The van der Waals surface area contributed by atoms with Crippen molar-refractivity contribution >= 4 is 31.5 Å². The number of benzene rings is 2. The summed E-state index contributed by atoms with van der Waals surface area (Å²) < 4.78 is 89.5. The fourth-order valence-electron chi connectivity index (χ4n) is 6.24. The van der Waals surface area contributed by atoms with E-state index in [9.17, 15) is 26.3 Å². The van der Waals surface area contributed by atoms with Gasteiger partial charge in [-0.25, -0.2) is 25.6 Å². The van der Waals surface area contributed by atoms with E-state index in [-0.39, 0.29) is 55.2 Å². The number of aliphatic hydroxyl groups is 1. The molecule has 1 N–H and O–H groups in total. The van der Waals surface area contributed by atoms with Crippen LogP contribution in [0, 0.1) is 23.5 Å². The van der Waals surface area contributed by atoms with Crippen LogP contribution in [-0.2, 0) is 24.6 Å². The van der Waals surface area contributed by atoms with Crippen LogP contribution in [0.3, 0.4) is 0 Å². The van der Waals surface area contributed by atoms with Crippen molar-refractivity contribution < 1.29 is 35.5 Å². The summed E-state index contributed by atoms with van der Waals surface area (Å²) in [6.45, 7) is -0.720. The first-order valence-corrected chi connectivity index (χ1v) is 14.7. The molecule has 190 valence electrons. The van der Waals surface area contributed by atoms with Gasteiger partial charge in [0, 0.05) is 23.5 Å². The molecule has 2 aliphatic heterocycles. The van der Waals surface area contributed by atoms with Crippen molar-refractivity contribution in [2.24, 2.45) is 11.8 Å². The topological polar surface area (TPSA) is 101 Å². The van der Waals surface area contributed by atoms with Gasteiger partial charge in [-0.15, -0.1) is 0 Å². The molecule has 2 aromatic rings. The van der Waals surface area contributed by atoms with Gasteiger partial charge in [0.1, 0.15) is 10.6 Å². The van der Waals surface area contributed by atoms with Gasteiger partial charge in [-0.3, -0.25) is 0 Å². The number of sulfonamides is 1. The normalized spacial score (nSPS) is 30.0. The van der Waals surface area contributed by atoms with Gasteiger partial charge in [-0.2, -0.15) is 4.31 Å². The molecule has 5 rings (SSSR count). The van der Waals surface area contributed by atoms with Gasteiger partial charge >= 0.3 is 0 Å². The lowest BCUT2D eigenvalue weighted by molar-refractivity contribution is 0.0186. The first kappa shape index (κ1) is 24.9. The second-order valence-electron chi connectivity index (χ2n) is 9.21. The summed E-state index contributed by atoms with van der Waals surface area (Å²) in [6.07, 6.45) is 0.105. The molecule has 0 aromatic heterocycles. The number of fused-ring (bicyclic) bond motifs is 5. The van der Waals surface area contributed by atoms with Crippen LogP contribution in [0.4, 0.5) is 8.78 Å². The Kier molecular flexibility index (Phi) is 6.15. The Morgan fingerprint density at radius 1 is 1.11 bits per heavy atom. The third-order valence-electron chi connectivity index (χ3n) is 7.67. The summed E-state index contributed by atoms with van der Waals surface area (Å²) in [5.41, 5.74) is -0.343. The number of rotatable bonds is 4. The number of hydrogen-bond acceptors (Lipinski definition) is 6. The number of aliphatic hydroxyl groups excluding tert-OH is 1. The van der Waals surface area contributed by atoms with Gasteiger partial charge in [0.05, 0.1) is 29.4 Å². The predicted octanol–water partition coefficient (Wildman–Crippen LogP) is 3.10. The monoisotopic (exact) mass is 547 g/mol. The van der Waals surface area contributed by atoms with Crippen molar-refractivity contribution in [3.8, 4) is 5.75 Å². The lowest BCUT2D eigenvalue weighted by Crippen LogP contribution is -2.63. The largest absolute Gasteiger partial charge is 0.490 e.